The van der Waals surface area contributed by atoms with Crippen LogP contribution in [0.2, 0.25) is 0 Å². The lowest BCUT2D eigenvalue weighted by molar-refractivity contribution is 0.424. The molecule has 0 aliphatic heterocycles. The molecule has 0 aliphatic rings. The van der Waals surface area contributed by atoms with Crippen molar-refractivity contribution < 1.29 is 9.13 Å². The van der Waals surface area contributed by atoms with Crippen LogP contribution in [0.4, 0.5) is 4.39 Å². The molecular formula is C12H9BrFNO. The third kappa shape index (κ3) is 2.39. The van der Waals surface area contributed by atoms with E-state index in [0.29, 0.717) is 5.88 Å². The number of rotatable bonds is 2. The fourth-order valence-electron chi connectivity index (χ4n) is 1.24. The number of hydrogen-bond acceptors (Lipinski definition) is 2. The molecule has 2 aromatic rings. The predicted octanol–water partition coefficient (Wildman–Crippen LogP) is 4.08. The first-order valence-corrected chi connectivity index (χ1v) is 5.50. The van der Waals surface area contributed by atoms with Crippen molar-refractivity contribution in [2.75, 3.05) is 0 Å². The van der Waals surface area contributed by atoms with Gasteiger partial charge < -0.3 is 4.74 Å². The van der Waals surface area contributed by atoms with Crippen molar-refractivity contribution in [1.82, 2.24) is 4.98 Å². The van der Waals surface area contributed by atoms with E-state index < -0.39 is 5.82 Å². The zero-order valence-corrected chi connectivity index (χ0v) is 10.2. The second-order valence-electron chi connectivity index (χ2n) is 3.30. The van der Waals surface area contributed by atoms with E-state index >= 15 is 0 Å². The van der Waals surface area contributed by atoms with Crippen molar-refractivity contribution in [3.8, 4) is 11.6 Å². The molecule has 1 aromatic carbocycles. The van der Waals surface area contributed by atoms with Gasteiger partial charge in [0.05, 0.1) is 0 Å². The molecule has 0 radical (unpaired) electrons. The van der Waals surface area contributed by atoms with Crippen LogP contribution in [0, 0.1) is 12.7 Å². The van der Waals surface area contributed by atoms with Crippen LogP contribution in [0.15, 0.2) is 41.0 Å². The molecule has 0 unspecified atom stereocenters. The van der Waals surface area contributed by atoms with Gasteiger partial charge in [-0.15, -0.1) is 0 Å². The maximum atomic E-state index is 13.4. The van der Waals surface area contributed by atoms with Crippen molar-refractivity contribution in [3.63, 3.8) is 0 Å². The van der Waals surface area contributed by atoms with Gasteiger partial charge in [-0.2, -0.15) is 0 Å². The lowest BCUT2D eigenvalue weighted by atomic mass is 10.3. The SMILES string of the molecule is Cc1cccnc1Oc1cc(Br)ccc1F. The molecule has 0 N–H and O–H groups in total. The molecule has 0 amide bonds. The first-order chi connectivity index (χ1) is 7.66. The fourth-order valence-corrected chi connectivity index (χ4v) is 1.58. The zero-order chi connectivity index (χ0) is 11.5. The molecule has 2 rings (SSSR count). The Morgan fingerprint density at radius 1 is 1.31 bits per heavy atom. The molecule has 0 saturated heterocycles. The van der Waals surface area contributed by atoms with Gasteiger partial charge in [0.25, 0.3) is 0 Å². The molecular weight excluding hydrogens is 273 g/mol. The topological polar surface area (TPSA) is 22.1 Å². The lowest BCUT2D eigenvalue weighted by Gasteiger charge is -2.07. The Labute approximate surface area is 101 Å². The molecule has 82 valence electrons. The molecule has 4 heteroatoms. The summed E-state index contributed by atoms with van der Waals surface area (Å²) in [6, 6.07) is 8.20. The molecule has 0 fully saturated rings. The summed E-state index contributed by atoms with van der Waals surface area (Å²) in [5, 5.41) is 0. The highest BCUT2D eigenvalue weighted by molar-refractivity contribution is 9.10. The van der Waals surface area contributed by atoms with Crippen molar-refractivity contribution >= 4 is 15.9 Å². The molecule has 16 heavy (non-hydrogen) atoms. The minimum absolute atomic E-state index is 0.163. The maximum absolute atomic E-state index is 13.4. The van der Waals surface area contributed by atoms with E-state index in [1.165, 1.54) is 6.07 Å². The molecule has 0 spiro atoms. The number of benzene rings is 1. The number of nitrogens with zero attached hydrogens (tertiary/aromatic N) is 1. The average molecular weight is 282 g/mol. The largest absolute Gasteiger partial charge is 0.436 e. The monoisotopic (exact) mass is 281 g/mol. The summed E-state index contributed by atoms with van der Waals surface area (Å²) >= 11 is 3.26. The Morgan fingerprint density at radius 2 is 2.12 bits per heavy atom. The fraction of sp³-hybridized carbons (Fsp3) is 0.0833. The number of ether oxygens (including phenoxy) is 1. The van der Waals surface area contributed by atoms with Crippen LogP contribution >= 0.6 is 15.9 Å². The summed E-state index contributed by atoms with van der Waals surface area (Å²) in [7, 11) is 0. The van der Waals surface area contributed by atoms with E-state index in [1.807, 2.05) is 13.0 Å². The van der Waals surface area contributed by atoms with E-state index in [2.05, 4.69) is 20.9 Å². The van der Waals surface area contributed by atoms with Crippen LogP contribution < -0.4 is 4.74 Å². The number of aromatic nitrogens is 1. The first-order valence-electron chi connectivity index (χ1n) is 4.71. The minimum Gasteiger partial charge on any atom is -0.436 e. The normalized spacial score (nSPS) is 10.2. The summed E-state index contributed by atoms with van der Waals surface area (Å²) in [6.45, 7) is 1.86. The maximum Gasteiger partial charge on any atom is 0.222 e. The number of hydrogen-bond donors (Lipinski definition) is 0. The molecule has 1 heterocycles. The molecule has 0 aliphatic carbocycles. The highest BCUT2D eigenvalue weighted by Gasteiger charge is 2.07. The molecule has 0 atom stereocenters. The highest BCUT2D eigenvalue weighted by atomic mass is 79.9. The van der Waals surface area contributed by atoms with E-state index in [4.69, 9.17) is 4.74 Å². The van der Waals surface area contributed by atoms with Gasteiger partial charge in [0.2, 0.25) is 5.88 Å². The van der Waals surface area contributed by atoms with Gasteiger partial charge >= 0.3 is 0 Å². The average Bonchev–Trinajstić information content (AvgIpc) is 2.27. The van der Waals surface area contributed by atoms with Crippen LogP contribution in [-0.4, -0.2) is 4.98 Å². The van der Waals surface area contributed by atoms with E-state index in [-0.39, 0.29) is 5.75 Å². The van der Waals surface area contributed by atoms with Crippen LogP contribution in [0.1, 0.15) is 5.56 Å². The number of pyridine rings is 1. The summed E-state index contributed by atoms with van der Waals surface area (Å²) in [5.74, 6) is 0.170. The molecule has 0 bridgehead atoms. The summed E-state index contributed by atoms with van der Waals surface area (Å²) in [6.07, 6.45) is 1.61. The third-order valence-corrected chi connectivity index (χ3v) is 2.55. The second-order valence-corrected chi connectivity index (χ2v) is 4.22. The summed E-state index contributed by atoms with van der Waals surface area (Å²) < 4.78 is 19.6. The van der Waals surface area contributed by atoms with E-state index in [1.54, 1.807) is 24.4 Å². The Bertz CT molecular complexity index is 516. The van der Waals surface area contributed by atoms with Gasteiger partial charge in [0.1, 0.15) is 0 Å². The Kier molecular flexibility index (Phi) is 3.19. The summed E-state index contributed by atoms with van der Waals surface area (Å²) in [4.78, 5) is 4.04. The van der Waals surface area contributed by atoms with Crippen LogP contribution in [-0.2, 0) is 0 Å². The van der Waals surface area contributed by atoms with Crippen molar-refractivity contribution in [3.05, 3.63) is 52.4 Å². The minimum atomic E-state index is -0.409. The van der Waals surface area contributed by atoms with Crippen molar-refractivity contribution in [1.29, 1.82) is 0 Å². The summed E-state index contributed by atoms with van der Waals surface area (Å²) in [5.41, 5.74) is 0.863. The van der Waals surface area contributed by atoms with Crippen LogP contribution in [0.25, 0.3) is 0 Å². The predicted molar refractivity (Wildman–Crippen MR) is 63.1 cm³/mol. The van der Waals surface area contributed by atoms with Crippen LogP contribution in [0.5, 0.6) is 11.6 Å². The van der Waals surface area contributed by atoms with Crippen molar-refractivity contribution in [2.45, 2.75) is 6.92 Å². The van der Waals surface area contributed by atoms with E-state index in [9.17, 15) is 4.39 Å². The standard InChI is InChI=1S/C12H9BrFNO/c1-8-3-2-6-15-12(8)16-11-7-9(13)4-5-10(11)14/h2-7H,1H3. The van der Waals surface area contributed by atoms with Gasteiger partial charge in [0, 0.05) is 16.2 Å². The quantitative estimate of drug-likeness (QED) is 0.827. The van der Waals surface area contributed by atoms with Gasteiger partial charge in [-0.25, -0.2) is 9.37 Å². The van der Waals surface area contributed by atoms with Crippen LogP contribution in [0.3, 0.4) is 0 Å². The Morgan fingerprint density at radius 3 is 2.88 bits per heavy atom. The second kappa shape index (κ2) is 4.61. The van der Waals surface area contributed by atoms with Gasteiger partial charge in [-0.1, -0.05) is 22.0 Å². The molecule has 1 aromatic heterocycles. The first kappa shape index (κ1) is 11.1. The Balaban J connectivity index is 2.34. The smallest absolute Gasteiger partial charge is 0.222 e. The number of halogens is 2. The lowest BCUT2D eigenvalue weighted by Crippen LogP contribution is -1.92. The van der Waals surface area contributed by atoms with Gasteiger partial charge in [-0.05, 0) is 31.2 Å². The highest BCUT2D eigenvalue weighted by Crippen LogP contribution is 2.27. The van der Waals surface area contributed by atoms with Crippen molar-refractivity contribution in [2.24, 2.45) is 0 Å². The third-order valence-electron chi connectivity index (χ3n) is 2.06. The Hall–Kier alpha value is -1.42. The van der Waals surface area contributed by atoms with E-state index in [0.717, 1.165) is 10.0 Å². The molecule has 2 nitrogen and oxygen atoms in total. The van der Waals surface area contributed by atoms with Gasteiger partial charge in [-0.3, -0.25) is 0 Å². The number of aryl methyl sites for hydroxylation is 1. The molecule has 0 saturated carbocycles. The zero-order valence-electron chi connectivity index (χ0n) is 8.58. The van der Waals surface area contributed by atoms with Gasteiger partial charge in [0.15, 0.2) is 11.6 Å².